The SMILES string of the molecule is CC(C)(C)C(NS(=O)(=O)c1ccc(C#N)c(NC2CC(C(N)=O)C2)c1)c1ccccc1. The van der Waals surface area contributed by atoms with Gasteiger partial charge in [0.1, 0.15) is 6.07 Å². The second-order valence-electron chi connectivity index (χ2n) is 9.06. The van der Waals surface area contributed by atoms with Crippen molar-refractivity contribution in [2.24, 2.45) is 17.1 Å². The molecule has 0 heterocycles. The van der Waals surface area contributed by atoms with E-state index in [0.29, 0.717) is 24.1 Å². The van der Waals surface area contributed by atoms with E-state index in [2.05, 4.69) is 16.1 Å². The van der Waals surface area contributed by atoms with Gasteiger partial charge in [-0.25, -0.2) is 13.1 Å². The highest BCUT2D eigenvalue weighted by atomic mass is 32.2. The number of amides is 1. The number of hydrogen-bond donors (Lipinski definition) is 3. The van der Waals surface area contributed by atoms with E-state index in [1.54, 1.807) is 0 Å². The molecule has 0 bridgehead atoms. The number of carbonyl (C=O) groups is 1. The highest BCUT2D eigenvalue weighted by Crippen LogP contribution is 2.35. The largest absolute Gasteiger partial charge is 0.381 e. The molecular formula is C23H28N4O3S. The Morgan fingerprint density at radius 3 is 2.35 bits per heavy atom. The first kappa shape index (κ1) is 22.8. The summed E-state index contributed by atoms with van der Waals surface area (Å²) in [6, 6.07) is 15.5. The lowest BCUT2D eigenvalue weighted by Gasteiger charge is -2.34. The number of anilines is 1. The van der Waals surface area contributed by atoms with Gasteiger partial charge in [-0.2, -0.15) is 5.26 Å². The summed E-state index contributed by atoms with van der Waals surface area (Å²) < 4.78 is 29.3. The molecule has 31 heavy (non-hydrogen) atoms. The van der Waals surface area contributed by atoms with Crippen LogP contribution in [0.4, 0.5) is 5.69 Å². The monoisotopic (exact) mass is 440 g/mol. The maximum absolute atomic E-state index is 13.2. The standard InChI is InChI=1S/C23H28N4O3S/c1-23(2,3)21(15-7-5-4-6-8-15)27-31(29,30)19-10-9-16(14-24)20(13-19)26-18-11-17(12-18)22(25)28/h4-10,13,17-18,21,26-27H,11-12H2,1-3H3,(H2,25,28). The molecule has 8 heteroatoms. The highest BCUT2D eigenvalue weighted by molar-refractivity contribution is 7.89. The van der Waals surface area contributed by atoms with Crippen molar-refractivity contribution in [3.05, 3.63) is 59.7 Å². The topological polar surface area (TPSA) is 125 Å². The zero-order valence-electron chi connectivity index (χ0n) is 17.9. The molecule has 2 aromatic rings. The summed E-state index contributed by atoms with van der Waals surface area (Å²) in [6.07, 6.45) is 1.13. The van der Waals surface area contributed by atoms with Gasteiger partial charge in [-0.3, -0.25) is 4.79 Å². The van der Waals surface area contributed by atoms with Crippen molar-refractivity contribution in [2.75, 3.05) is 5.32 Å². The summed E-state index contributed by atoms with van der Waals surface area (Å²) in [5.74, 6) is -0.525. The summed E-state index contributed by atoms with van der Waals surface area (Å²) in [7, 11) is -3.86. The third-order valence-electron chi connectivity index (χ3n) is 5.59. The molecule has 1 amide bonds. The van der Waals surface area contributed by atoms with Crippen molar-refractivity contribution >= 4 is 21.6 Å². The smallest absolute Gasteiger partial charge is 0.241 e. The van der Waals surface area contributed by atoms with E-state index in [9.17, 15) is 18.5 Å². The fourth-order valence-electron chi connectivity index (χ4n) is 3.71. The van der Waals surface area contributed by atoms with E-state index in [-0.39, 0.29) is 28.2 Å². The van der Waals surface area contributed by atoms with Gasteiger partial charge in [0.05, 0.1) is 22.2 Å². The molecule has 3 rings (SSSR count). The van der Waals surface area contributed by atoms with Gasteiger partial charge in [0.25, 0.3) is 0 Å². The molecule has 0 spiro atoms. The van der Waals surface area contributed by atoms with Gasteiger partial charge < -0.3 is 11.1 Å². The molecule has 164 valence electrons. The van der Waals surface area contributed by atoms with Crippen LogP contribution in [0.2, 0.25) is 0 Å². The highest BCUT2D eigenvalue weighted by Gasteiger charge is 2.34. The molecule has 1 unspecified atom stereocenters. The Morgan fingerprint density at radius 2 is 1.81 bits per heavy atom. The third kappa shape index (κ3) is 5.24. The number of nitrogens with zero attached hydrogens (tertiary/aromatic N) is 1. The predicted molar refractivity (Wildman–Crippen MR) is 119 cm³/mol. The van der Waals surface area contributed by atoms with Crippen LogP contribution in [0.1, 0.15) is 50.8 Å². The van der Waals surface area contributed by atoms with Crippen LogP contribution < -0.4 is 15.8 Å². The normalized spacial score (nSPS) is 19.7. The number of primary amides is 1. The zero-order valence-corrected chi connectivity index (χ0v) is 18.7. The van der Waals surface area contributed by atoms with Gasteiger partial charge in [-0.1, -0.05) is 51.1 Å². The van der Waals surface area contributed by atoms with E-state index in [0.717, 1.165) is 5.56 Å². The molecule has 0 saturated heterocycles. The zero-order chi connectivity index (χ0) is 22.8. The van der Waals surface area contributed by atoms with E-state index in [1.807, 2.05) is 51.1 Å². The number of benzene rings is 2. The molecule has 0 aromatic heterocycles. The van der Waals surface area contributed by atoms with Crippen molar-refractivity contribution in [1.29, 1.82) is 5.26 Å². The van der Waals surface area contributed by atoms with Crippen molar-refractivity contribution in [2.45, 2.75) is 50.6 Å². The first-order valence-corrected chi connectivity index (χ1v) is 11.7. The van der Waals surface area contributed by atoms with Crippen LogP contribution in [0.5, 0.6) is 0 Å². The van der Waals surface area contributed by atoms with Gasteiger partial charge in [-0.15, -0.1) is 0 Å². The van der Waals surface area contributed by atoms with Gasteiger partial charge in [0.2, 0.25) is 15.9 Å². The second kappa shape index (κ2) is 8.69. The number of nitrogens with two attached hydrogens (primary N) is 1. The van der Waals surface area contributed by atoms with Crippen LogP contribution >= 0.6 is 0 Å². The van der Waals surface area contributed by atoms with Crippen LogP contribution in [0.25, 0.3) is 0 Å². The molecule has 1 aliphatic rings. The van der Waals surface area contributed by atoms with E-state index in [1.165, 1.54) is 18.2 Å². The Labute approximate surface area is 183 Å². The fourth-order valence-corrected chi connectivity index (χ4v) is 5.17. The molecular weight excluding hydrogens is 412 g/mol. The minimum Gasteiger partial charge on any atom is -0.381 e. The summed E-state index contributed by atoms with van der Waals surface area (Å²) in [6.45, 7) is 5.93. The Kier molecular flexibility index (Phi) is 6.39. The predicted octanol–water partition coefficient (Wildman–Crippen LogP) is 3.30. The minimum atomic E-state index is -3.86. The first-order valence-electron chi connectivity index (χ1n) is 10.2. The molecule has 1 atom stereocenters. The van der Waals surface area contributed by atoms with E-state index >= 15 is 0 Å². The molecule has 1 saturated carbocycles. The van der Waals surface area contributed by atoms with Crippen molar-refractivity contribution in [3.63, 3.8) is 0 Å². The van der Waals surface area contributed by atoms with Crippen molar-refractivity contribution in [3.8, 4) is 6.07 Å². The lowest BCUT2D eigenvalue weighted by atomic mass is 9.79. The molecule has 0 aliphatic heterocycles. The van der Waals surface area contributed by atoms with E-state index < -0.39 is 16.1 Å². The number of nitriles is 1. The van der Waals surface area contributed by atoms with Crippen LogP contribution in [0.3, 0.4) is 0 Å². The van der Waals surface area contributed by atoms with Crippen LogP contribution in [0, 0.1) is 22.7 Å². The lowest BCUT2D eigenvalue weighted by Crippen LogP contribution is -2.42. The molecule has 1 aliphatic carbocycles. The minimum absolute atomic E-state index is 0.0258. The van der Waals surface area contributed by atoms with Crippen LogP contribution in [-0.4, -0.2) is 20.4 Å². The van der Waals surface area contributed by atoms with Gasteiger partial charge in [0.15, 0.2) is 0 Å². The summed E-state index contributed by atoms with van der Waals surface area (Å²) >= 11 is 0. The summed E-state index contributed by atoms with van der Waals surface area (Å²) in [5.41, 5.74) is 6.60. The van der Waals surface area contributed by atoms with Crippen molar-refractivity contribution in [1.82, 2.24) is 4.72 Å². The summed E-state index contributed by atoms with van der Waals surface area (Å²) in [5, 5.41) is 12.6. The molecule has 2 aromatic carbocycles. The quantitative estimate of drug-likeness (QED) is 0.609. The van der Waals surface area contributed by atoms with E-state index in [4.69, 9.17) is 5.73 Å². The average Bonchev–Trinajstić information content (AvgIpc) is 2.68. The fraction of sp³-hybridized carbons (Fsp3) is 0.391. The van der Waals surface area contributed by atoms with Gasteiger partial charge in [-0.05, 0) is 42.0 Å². The van der Waals surface area contributed by atoms with Crippen molar-refractivity contribution < 1.29 is 13.2 Å². The maximum atomic E-state index is 13.2. The number of rotatable bonds is 7. The third-order valence-corrected chi connectivity index (χ3v) is 7.01. The second-order valence-corrected chi connectivity index (χ2v) is 10.8. The Balaban J connectivity index is 1.87. The Hall–Kier alpha value is -2.89. The molecule has 4 N–H and O–H groups in total. The first-order chi connectivity index (χ1) is 14.5. The number of nitrogens with one attached hydrogen (secondary N) is 2. The molecule has 0 radical (unpaired) electrons. The van der Waals surface area contributed by atoms with Gasteiger partial charge in [0, 0.05) is 12.0 Å². The van der Waals surface area contributed by atoms with Crippen LogP contribution in [0.15, 0.2) is 53.4 Å². The lowest BCUT2D eigenvalue weighted by molar-refractivity contribution is -0.124. The maximum Gasteiger partial charge on any atom is 0.241 e. The van der Waals surface area contributed by atoms with Gasteiger partial charge >= 0.3 is 0 Å². The average molecular weight is 441 g/mol. The Morgan fingerprint density at radius 1 is 1.16 bits per heavy atom. The molecule has 1 fully saturated rings. The Bertz CT molecular complexity index is 1100. The van der Waals surface area contributed by atoms with Crippen LogP contribution in [-0.2, 0) is 14.8 Å². The number of carbonyl (C=O) groups excluding carboxylic acids is 1. The number of sulfonamides is 1. The number of hydrogen-bond acceptors (Lipinski definition) is 5. The molecule has 7 nitrogen and oxygen atoms in total. The summed E-state index contributed by atoms with van der Waals surface area (Å²) in [4.78, 5) is 11.3.